The van der Waals surface area contributed by atoms with E-state index in [1.54, 1.807) is 0 Å². The summed E-state index contributed by atoms with van der Waals surface area (Å²) in [6.07, 6.45) is 4.08. The van der Waals surface area contributed by atoms with Gasteiger partial charge < -0.3 is 10.2 Å². The second-order valence-electron chi connectivity index (χ2n) is 4.83. The molecule has 0 aromatic carbocycles. The summed E-state index contributed by atoms with van der Waals surface area (Å²) in [6.45, 7) is 6.44. The molecule has 1 fully saturated rings. The Bertz CT molecular complexity index is 198. The highest BCUT2D eigenvalue weighted by molar-refractivity contribution is 5.76. The molecule has 1 rings (SSSR count). The molecule has 1 amide bonds. The maximum Gasteiger partial charge on any atom is 0.220 e. The molecule has 1 atom stereocenters. The van der Waals surface area contributed by atoms with Gasteiger partial charge in [-0.1, -0.05) is 6.92 Å². The van der Waals surface area contributed by atoms with Gasteiger partial charge >= 0.3 is 0 Å². The molecular weight excluding hydrogens is 188 g/mol. The fourth-order valence-corrected chi connectivity index (χ4v) is 1.96. The molecular formula is C12H24N2O. The monoisotopic (exact) mass is 212 g/mol. The van der Waals surface area contributed by atoms with E-state index in [1.807, 2.05) is 0 Å². The molecule has 0 spiro atoms. The number of rotatable bonds is 4. The lowest BCUT2D eigenvalue weighted by atomic mass is 9.93. The number of hydrogen-bond acceptors (Lipinski definition) is 2. The van der Waals surface area contributed by atoms with Crippen molar-refractivity contribution in [2.45, 2.75) is 45.6 Å². The second kappa shape index (κ2) is 6.11. The van der Waals surface area contributed by atoms with Crippen molar-refractivity contribution in [2.75, 3.05) is 20.1 Å². The molecule has 1 aliphatic heterocycles. The van der Waals surface area contributed by atoms with E-state index < -0.39 is 0 Å². The summed E-state index contributed by atoms with van der Waals surface area (Å²) in [5.41, 5.74) is 0. The van der Waals surface area contributed by atoms with Gasteiger partial charge in [0.1, 0.15) is 0 Å². The molecule has 1 saturated heterocycles. The molecule has 3 nitrogen and oxygen atoms in total. The highest BCUT2D eigenvalue weighted by Gasteiger charge is 2.19. The predicted molar refractivity (Wildman–Crippen MR) is 62.7 cm³/mol. The van der Waals surface area contributed by atoms with E-state index in [4.69, 9.17) is 0 Å². The van der Waals surface area contributed by atoms with E-state index >= 15 is 0 Å². The van der Waals surface area contributed by atoms with Crippen LogP contribution in [0.3, 0.4) is 0 Å². The smallest absolute Gasteiger partial charge is 0.220 e. The van der Waals surface area contributed by atoms with Crippen LogP contribution in [0.1, 0.15) is 39.5 Å². The van der Waals surface area contributed by atoms with Crippen LogP contribution in [0, 0.1) is 5.92 Å². The summed E-state index contributed by atoms with van der Waals surface area (Å²) >= 11 is 0. The molecule has 0 aliphatic carbocycles. The fraction of sp³-hybridized carbons (Fsp3) is 0.917. The highest BCUT2D eigenvalue weighted by Crippen LogP contribution is 2.19. The van der Waals surface area contributed by atoms with Gasteiger partial charge in [0.05, 0.1) is 0 Å². The molecule has 3 heteroatoms. The minimum Gasteiger partial charge on any atom is -0.354 e. The average Bonchev–Trinajstić information content (AvgIpc) is 2.21. The number of likely N-dealkylation sites (tertiary alicyclic amines) is 1. The molecule has 1 N–H and O–H groups in total. The predicted octanol–water partition coefficient (Wildman–Crippen LogP) is 1.63. The molecule has 0 unspecified atom stereocenters. The Morgan fingerprint density at radius 1 is 1.47 bits per heavy atom. The molecule has 0 saturated carbocycles. The normalized spacial score (nSPS) is 21.3. The Kier molecular flexibility index (Phi) is 5.09. The first-order valence-electron chi connectivity index (χ1n) is 6.09. The lowest BCUT2D eigenvalue weighted by Gasteiger charge is -2.28. The van der Waals surface area contributed by atoms with Gasteiger partial charge in [-0.25, -0.2) is 0 Å². The zero-order valence-electron chi connectivity index (χ0n) is 10.3. The topological polar surface area (TPSA) is 32.3 Å². The van der Waals surface area contributed by atoms with Gasteiger partial charge in [0, 0.05) is 12.5 Å². The van der Waals surface area contributed by atoms with Gasteiger partial charge in [0.25, 0.3) is 0 Å². The van der Waals surface area contributed by atoms with Crippen molar-refractivity contribution < 1.29 is 4.79 Å². The van der Waals surface area contributed by atoms with E-state index in [0.717, 1.165) is 25.9 Å². The summed E-state index contributed by atoms with van der Waals surface area (Å²) in [6, 6.07) is 0.323. The van der Waals surface area contributed by atoms with Crippen LogP contribution in [0.15, 0.2) is 0 Å². The van der Waals surface area contributed by atoms with E-state index in [9.17, 15) is 4.79 Å². The van der Waals surface area contributed by atoms with Gasteiger partial charge in [-0.05, 0) is 52.2 Å². The lowest BCUT2D eigenvalue weighted by molar-refractivity contribution is -0.122. The Balaban J connectivity index is 2.20. The van der Waals surface area contributed by atoms with Crippen LogP contribution in [0.4, 0.5) is 0 Å². The van der Waals surface area contributed by atoms with E-state index in [1.165, 1.54) is 12.8 Å². The SMILES string of the molecule is CC[C@@H](C)NC(=O)CC1CCN(C)CC1. The lowest BCUT2D eigenvalue weighted by Crippen LogP contribution is -2.36. The molecule has 0 radical (unpaired) electrons. The van der Waals surface area contributed by atoms with Crippen molar-refractivity contribution in [3.63, 3.8) is 0 Å². The highest BCUT2D eigenvalue weighted by atomic mass is 16.1. The summed E-state index contributed by atoms with van der Waals surface area (Å²) < 4.78 is 0. The average molecular weight is 212 g/mol. The van der Waals surface area contributed by atoms with Gasteiger partial charge in [-0.3, -0.25) is 4.79 Å². The standard InChI is InChI=1S/C12H24N2O/c1-4-10(2)13-12(15)9-11-5-7-14(3)8-6-11/h10-11H,4-9H2,1-3H3,(H,13,15)/t10-/m1/s1. The zero-order valence-corrected chi connectivity index (χ0v) is 10.3. The van der Waals surface area contributed by atoms with Gasteiger partial charge in [0.15, 0.2) is 0 Å². The third-order valence-electron chi connectivity index (χ3n) is 3.33. The number of carbonyl (C=O) groups excluding carboxylic acids is 1. The van der Waals surface area contributed by atoms with Gasteiger partial charge in [0.2, 0.25) is 5.91 Å². The van der Waals surface area contributed by atoms with Crippen molar-refractivity contribution in [2.24, 2.45) is 5.92 Å². The maximum absolute atomic E-state index is 11.6. The molecule has 15 heavy (non-hydrogen) atoms. The number of piperidine rings is 1. The summed E-state index contributed by atoms with van der Waals surface area (Å²) in [5, 5.41) is 3.04. The van der Waals surface area contributed by atoms with Crippen LogP contribution >= 0.6 is 0 Å². The van der Waals surface area contributed by atoms with Crippen LogP contribution in [-0.4, -0.2) is 37.0 Å². The minimum absolute atomic E-state index is 0.235. The number of nitrogens with zero attached hydrogens (tertiary/aromatic N) is 1. The van der Waals surface area contributed by atoms with E-state index in [2.05, 4.69) is 31.1 Å². The van der Waals surface area contributed by atoms with E-state index in [0.29, 0.717) is 12.0 Å². The molecule has 88 valence electrons. The van der Waals surface area contributed by atoms with Crippen molar-refractivity contribution in [3.8, 4) is 0 Å². The van der Waals surface area contributed by atoms with Crippen molar-refractivity contribution in [3.05, 3.63) is 0 Å². The van der Waals surface area contributed by atoms with Crippen molar-refractivity contribution in [1.82, 2.24) is 10.2 Å². The van der Waals surface area contributed by atoms with Crippen LogP contribution in [0.5, 0.6) is 0 Å². The minimum atomic E-state index is 0.235. The van der Waals surface area contributed by atoms with Gasteiger partial charge in [-0.2, -0.15) is 0 Å². The van der Waals surface area contributed by atoms with Crippen molar-refractivity contribution >= 4 is 5.91 Å². The summed E-state index contributed by atoms with van der Waals surface area (Å²) in [4.78, 5) is 14.0. The first-order valence-corrected chi connectivity index (χ1v) is 6.09. The second-order valence-corrected chi connectivity index (χ2v) is 4.83. The molecule has 1 heterocycles. The fourth-order valence-electron chi connectivity index (χ4n) is 1.96. The number of carbonyl (C=O) groups is 1. The Morgan fingerprint density at radius 3 is 2.60 bits per heavy atom. The Morgan fingerprint density at radius 2 is 2.07 bits per heavy atom. The summed E-state index contributed by atoms with van der Waals surface area (Å²) in [5.74, 6) is 0.837. The van der Waals surface area contributed by atoms with E-state index in [-0.39, 0.29) is 5.91 Å². The Hall–Kier alpha value is -0.570. The maximum atomic E-state index is 11.6. The third-order valence-corrected chi connectivity index (χ3v) is 3.33. The molecule has 0 aromatic heterocycles. The zero-order chi connectivity index (χ0) is 11.3. The van der Waals surface area contributed by atoms with Crippen LogP contribution < -0.4 is 5.32 Å². The quantitative estimate of drug-likeness (QED) is 0.768. The number of amides is 1. The number of nitrogens with one attached hydrogen (secondary N) is 1. The Labute approximate surface area is 93.2 Å². The van der Waals surface area contributed by atoms with Crippen LogP contribution in [0.2, 0.25) is 0 Å². The molecule has 1 aliphatic rings. The van der Waals surface area contributed by atoms with Crippen LogP contribution in [-0.2, 0) is 4.79 Å². The van der Waals surface area contributed by atoms with Gasteiger partial charge in [-0.15, -0.1) is 0 Å². The largest absolute Gasteiger partial charge is 0.354 e. The molecule has 0 aromatic rings. The van der Waals surface area contributed by atoms with Crippen LogP contribution in [0.25, 0.3) is 0 Å². The first kappa shape index (κ1) is 12.5. The summed E-state index contributed by atoms with van der Waals surface area (Å²) in [7, 11) is 2.15. The first-order chi connectivity index (χ1) is 7.11. The number of hydrogen-bond donors (Lipinski definition) is 1. The van der Waals surface area contributed by atoms with Crippen molar-refractivity contribution in [1.29, 1.82) is 0 Å². The third kappa shape index (κ3) is 4.65. The molecule has 0 bridgehead atoms.